The number of rotatable bonds is 6. The summed E-state index contributed by atoms with van der Waals surface area (Å²) in [5.41, 5.74) is 1.22. The van der Waals surface area contributed by atoms with Gasteiger partial charge in [-0.1, -0.05) is 30.3 Å². The molecule has 1 aromatic rings. The van der Waals surface area contributed by atoms with Crippen LogP contribution in [0.5, 0.6) is 0 Å². The highest BCUT2D eigenvalue weighted by atomic mass is 16.5. The van der Waals surface area contributed by atoms with Crippen LogP contribution in [-0.2, 0) is 16.1 Å². The highest BCUT2D eigenvalue weighted by Crippen LogP contribution is 2.19. The van der Waals surface area contributed by atoms with Gasteiger partial charge in [0.25, 0.3) is 0 Å². The van der Waals surface area contributed by atoms with E-state index in [0.29, 0.717) is 31.0 Å². The van der Waals surface area contributed by atoms with Gasteiger partial charge in [-0.15, -0.1) is 0 Å². The van der Waals surface area contributed by atoms with Gasteiger partial charge in [-0.05, 0) is 50.3 Å². The minimum atomic E-state index is 0.290. The number of ether oxygens (including phenoxy) is 1. The maximum Gasteiger partial charge on any atom is 0.222 e. The average Bonchev–Trinajstić information content (AvgIpc) is 3.13. The van der Waals surface area contributed by atoms with Crippen molar-refractivity contribution in [3.8, 4) is 0 Å². The van der Waals surface area contributed by atoms with E-state index in [1.54, 1.807) is 0 Å². The molecule has 0 bridgehead atoms. The molecule has 1 atom stereocenters. The molecular formula is C19H28N2O2. The standard InChI is InChI=1S/C19H28N2O2/c22-19(7-6-16-8-11-20-14-16)21-12-9-18(10-13-21)23-15-17-4-2-1-3-5-17/h1-5,16,18,20H,6-15H2. The first kappa shape index (κ1) is 16.5. The van der Waals surface area contributed by atoms with Gasteiger partial charge in [0, 0.05) is 19.5 Å². The van der Waals surface area contributed by atoms with Gasteiger partial charge in [-0.25, -0.2) is 0 Å². The highest BCUT2D eigenvalue weighted by Gasteiger charge is 2.24. The van der Waals surface area contributed by atoms with Gasteiger partial charge < -0.3 is 15.0 Å². The van der Waals surface area contributed by atoms with Crippen LogP contribution in [0.25, 0.3) is 0 Å². The zero-order valence-electron chi connectivity index (χ0n) is 13.9. The molecule has 4 heteroatoms. The summed E-state index contributed by atoms with van der Waals surface area (Å²) in [7, 11) is 0. The maximum atomic E-state index is 12.3. The molecule has 2 aliphatic rings. The fourth-order valence-electron chi connectivity index (χ4n) is 3.51. The zero-order chi connectivity index (χ0) is 15.9. The van der Waals surface area contributed by atoms with E-state index in [9.17, 15) is 4.79 Å². The number of nitrogens with one attached hydrogen (secondary N) is 1. The van der Waals surface area contributed by atoms with Crippen molar-refractivity contribution in [2.75, 3.05) is 26.2 Å². The molecule has 1 unspecified atom stereocenters. The lowest BCUT2D eigenvalue weighted by Gasteiger charge is -2.32. The number of carbonyl (C=O) groups is 1. The number of likely N-dealkylation sites (tertiary alicyclic amines) is 1. The summed E-state index contributed by atoms with van der Waals surface area (Å²) in [5.74, 6) is 1.03. The van der Waals surface area contributed by atoms with Crippen molar-refractivity contribution in [2.45, 2.75) is 44.8 Å². The summed E-state index contributed by atoms with van der Waals surface area (Å²) in [4.78, 5) is 14.3. The molecule has 1 aromatic carbocycles. The van der Waals surface area contributed by atoms with Gasteiger partial charge in [0.05, 0.1) is 12.7 Å². The average molecular weight is 316 g/mol. The van der Waals surface area contributed by atoms with Gasteiger partial charge in [0.1, 0.15) is 0 Å². The van der Waals surface area contributed by atoms with Crippen molar-refractivity contribution >= 4 is 5.91 Å². The van der Waals surface area contributed by atoms with Crippen LogP contribution >= 0.6 is 0 Å². The molecule has 0 saturated carbocycles. The number of nitrogens with zero attached hydrogens (tertiary/aromatic N) is 1. The smallest absolute Gasteiger partial charge is 0.222 e. The molecular weight excluding hydrogens is 288 g/mol. The second kappa shape index (κ2) is 8.46. The number of amides is 1. The lowest BCUT2D eigenvalue weighted by atomic mass is 10.0. The lowest BCUT2D eigenvalue weighted by molar-refractivity contribution is -0.134. The molecule has 4 nitrogen and oxygen atoms in total. The summed E-state index contributed by atoms with van der Waals surface area (Å²) < 4.78 is 5.99. The molecule has 0 radical (unpaired) electrons. The predicted molar refractivity (Wildman–Crippen MR) is 91.0 cm³/mol. The van der Waals surface area contributed by atoms with Gasteiger partial charge in [-0.3, -0.25) is 4.79 Å². The topological polar surface area (TPSA) is 41.6 Å². The lowest BCUT2D eigenvalue weighted by Crippen LogP contribution is -2.40. The quantitative estimate of drug-likeness (QED) is 0.877. The van der Waals surface area contributed by atoms with Crippen LogP contribution in [0, 0.1) is 5.92 Å². The summed E-state index contributed by atoms with van der Waals surface area (Å²) in [5, 5.41) is 3.37. The van der Waals surface area contributed by atoms with Crippen LogP contribution in [0.1, 0.15) is 37.7 Å². The fraction of sp³-hybridized carbons (Fsp3) is 0.632. The summed E-state index contributed by atoms with van der Waals surface area (Å²) in [6.45, 7) is 4.57. The van der Waals surface area contributed by atoms with E-state index >= 15 is 0 Å². The second-order valence-electron chi connectivity index (χ2n) is 6.77. The Morgan fingerprint density at radius 1 is 1.17 bits per heavy atom. The molecule has 2 heterocycles. The molecule has 2 aliphatic heterocycles. The first-order valence-corrected chi connectivity index (χ1v) is 8.95. The van der Waals surface area contributed by atoms with E-state index < -0.39 is 0 Å². The largest absolute Gasteiger partial charge is 0.373 e. The van der Waals surface area contributed by atoms with Crippen LogP contribution in [-0.4, -0.2) is 43.1 Å². The number of benzene rings is 1. The van der Waals surface area contributed by atoms with Crippen LogP contribution in [0.2, 0.25) is 0 Å². The Labute approximate surface area is 139 Å². The van der Waals surface area contributed by atoms with Crippen LogP contribution in [0.15, 0.2) is 30.3 Å². The SMILES string of the molecule is O=C(CCC1CCNC1)N1CCC(OCc2ccccc2)CC1. The summed E-state index contributed by atoms with van der Waals surface area (Å²) in [6, 6.07) is 10.3. The van der Waals surface area contributed by atoms with Gasteiger partial charge in [-0.2, -0.15) is 0 Å². The molecule has 23 heavy (non-hydrogen) atoms. The van der Waals surface area contributed by atoms with Crippen LogP contribution in [0.3, 0.4) is 0 Å². The van der Waals surface area contributed by atoms with Crippen molar-refractivity contribution in [1.29, 1.82) is 0 Å². The predicted octanol–water partition coefficient (Wildman–Crippen LogP) is 2.58. The number of carbonyl (C=O) groups excluding carboxylic acids is 1. The number of piperidine rings is 1. The third-order valence-corrected chi connectivity index (χ3v) is 5.05. The van der Waals surface area contributed by atoms with E-state index in [1.165, 1.54) is 12.0 Å². The molecule has 0 aliphatic carbocycles. The Balaban J connectivity index is 1.33. The highest BCUT2D eigenvalue weighted by molar-refractivity contribution is 5.76. The first-order valence-electron chi connectivity index (χ1n) is 8.95. The molecule has 0 aromatic heterocycles. The molecule has 2 fully saturated rings. The van der Waals surface area contributed by atoms with Crippen LogP contribution < -0.4 is 5.32 Å². The van der Waals surface area contributed by atoms with Crippen molar-refractivity contribution in [3.63, 3.8) is 0 Å². The molecule has 2 saturated heterocycles. The van der Waals surface area contributed by atoms with E-state index in [4.69, 9.17) is 4.74 Å². The van der Waals surface area contributed by atoms with Crippen molar-refractivity contribution in [2.24, 2.45) is 5.92 Å². The van der Waals surface area contributed by atoms with E-state index in [1.807, 2.05) is 23.1 Å². The Morgan fingerprint density at radius 2 is 1.96 bits per heavy atom. The Bertz CT molecular complexity index is 477. The van der Waals surface area contributed by atoms with Crippen molar-refractivity contribution in [1.82, 2.24) is 10.2 Å². The Morgan fingerprint density at radius 3 is 2.65 bits per heavy atom. The first-order chi connectivity index (χ1) is 11.3. The molecule has 1 N–H and O–H groups in total. The third-order valence-electron chi connectivity index (χ3n) is 5.05. The minimum absolute atomic E-state index is 0.290. The van der Waals surface area contributed by atoms with Gasteiger partial charge in [0.15, 0.2) is 0 Å². The maximum absolute atomic E-state index is 12.3. The van der Waals surface area contributed by atoms with E-state index in [0.717, 1.165) is 45.4 Å². The van der Waals surface area contributed by atoms with Crippen LogP contribution in [0.4, 0.5) is 0 Å². The minimum Gasteiger partial charge on any atom is -0.373 e. The molecule has 0 spiro atoms. The normalized spacial score (nSPS) is 22.4. The monoisotopic (exact) mass is 316 g/mol. The van der Waals surface area contributed by atoms with Gasteiger partial charge in [0.2, 0.25) is 5.91 Å². The second-order valence-corrected chi connectivity index (χ2v) is 6.77. The summed E-state index contributed by atoms with van der Waals surface area (Å²) >= 11 is 0. The zero-order valence-corrected chi connectivity index (χ0v) is 13.9. The van der Waals surface area contributed by atoms with Gasteiger partial charge >= 0.3 is 0 Å². The fourth-order valence-corrected chi connectivity index (χ4v) is 3.51. The Kier molecular flexibility index (Phi) is 6.06. The molecule has 1 amide bonds. The van der Waals surface area contributed by atoms with Crippen molar-refractivity contribution < 1.29 is 9.53 Å². The van der Waals surface area contributed by atoms with E-state index in [-0.39, 0.29) is 0 Å². The third kappa shape index (κ3) is 5.05. The number of hydrogen-bond donors (Lipinski definition) is 1. The van der Waals surface area contributed by atoms with E-state index in [2.05, 4.69) is 17.4 Å². The summed E-state index contributed by atoms with van der Waals surface area (Å²) in [6.07, 6.45) is 5.19. The molecule has 3 rings (SSSR count). The number of hydrogen-bond acceptors (Lipinski definition) is 3. The molecule has 126 valence electrons. The Hall–Kier alpha value is -1.39. The van der Waals surface area contributed by atoms with Crippen molar-refractivity contribution in [3.05, 3.63) is 35.9 Å².